The van der Waals surface area contributed by atoms with Gasteiger partial charge in [0.2, 0.25) is 0 Å². The minimum absolute atomic E-state index is 0.0999. The number of nitrogens with zero attached hydrogens (tertiary/aromatic N) is 1. The molecule has 1 aliphatic carbocycles. The first-order chi connectivity index (χ1) is 9.59. The van der Waals surface area contributed by atoms with Crippen LogP contribution in [-0.4, -0.2) is 41.1 Å². The number of carboxylic acids is 1. The maximum atomic E-state index is 12.1. The smallest absolute Gasteiger partial charge is 0.317 e. The van der Waals surface area contributed by atoms with Crippen molar-refractivity contribution >= 4 is 12.0 Å². The zero-order valence-electron chi connectivity index (χ0n) is 12.3. The van der Waals surface area contributed by atoms with Crippen molar-refractivity contribution in [2.45, 2.75) is 57.9 Å². The summed E-state index contributed by atoms with van der Waals surface area (Å²) in [5.41, 5.74) is 0. The largest absolute Gasteiger partial charge is 0.481 e. The normalized spacial score (nSPS) is 27.6. The Kier molecular flexibility index (Phi) is 5.26. The molecular formula is C15H26N2O3. The standard InChI is InChI=1S/C15H26N2O3/c1-11-13(14(18)19)8-10-17(11)15(20)16-9-7-12-5-3-2-4-6-12/h11-13H,2-10H2,1H3,(H,16,20)(H,18,19). The van der Waals surface area contributed by atoms with E-state index < -0.39 is 11.9 Å². The van der Waals surface area contributed by atoms with Crippen LogP contribution < -0.4 is 5.32 Å². The number of rotatable bonds is 4. The average Bonchev–Trinajstić information content (AvgIpc) is 2.82. The van der Waals surface area contributed by atoms with Crippen LogP contribution in [0.15, 0.2) is 0 Å². The molecule has 1 heterocycles. The highest BCUT2D eigenvalue weighted by Gasteiger charge is 2.37. The lowest BCUT2D eigenvalue weighted by atomic mass is 9.87. The highest BCUT2D eigenvalue weighted by atomic mass is 16.4. The number of nitrogens with one attached hydrogen (secondary N) is 1. The molecule has 0 aromatic carbocycles. The van der Waals surface area contributed by atoms with E-state index in [2.05, 4.69) is 5.32 Å². The molecule has 0 aromatic rings. The molecule has 2 fully saturated rings. The summed E-state index contributed by atoms with van der Waals surface area (Å²) in [5.74, 6) is -0.457. The summed E-state index contributed by atoms with van der Waals surface area (Å²) in [6.45, 7) is 3.09. The fraction of sp³-hybridized carbons (Fsp3) is 0.867. The van der Waals surface area contributed by atoms with Gasteiger partial charge in [-0.2, -0.15) is 0 Å². The quantitative estimate of drug-likeness (QED) is 0.832. The third kappa shape index (κ3) is 3.64. The minimum Gasteiger partial charge on any atom is -0.481 e. The topological polar surface area (TPSA) is 69.6 Å². The highest BCUT2D eigenvalue weighted by Crippen LogP contribution is 2.26. The fourth-order valence-corrected chi connectivity index (χ4v) is 3.52. The number of likely N-dealkylation sites (tertiary alicyclic amines) is 1. The molecule has 1 saturated heterocycles. The van der Waals surface area contributed by atoms with Gasteiger partial charge in [0.15, 0.2) is 0 Å². The third-order valence-corrected chi connectivity index (χ3v) is 4.89. The first kappa shape index (κ1) is 15.1. The van der Waals surface area contributed by atoms with Crippen LogP contribution in [0.3, 0.4) is 0 Å². The van der Waals surface area contributed by atoms with E-state index >= 15 is 0 Å². The van der Waals surface area contributed by atoms with E-state index in [0.29, 0.717) is 19.5 Å². The maximum Gasteiger partial charge on any atom is 0.317 e. The van der Waals surface area contributed by atoms with Crippen molar-refractivity contribution in [1.29, 1.82) is 0 Å². The average molecular weight is 282 g/mol. The summed E-state index contributed by atoms with van der Waals surface area (Å²) in [6, 6.07) is -0.306. The molecule has 1 aliphatic heterocycles. The van der Waals surface area contributed by atoms with Crippen molar-refractivity contribution in [3.63, 3.8) is 0 Å². The van der Waals surface area contributed by atoms with Crippen LogP contribution in [0.1, 0.15) is 51.9 Å². The molecule has 0 radical (unpaired) electrons. The molecular weight excluding hydrogens is 256 g/mol. The van der Waals surface area contributed by atoms with Gasteiger partial charge in [0.25, 0.3) is 0 Å². The molecule has 5 heteroatoms. The van der Waals surface area contributed by atoms with E-state index in [1.54, 1.807) is 4.90 Å². The first-order valence-electron chi connectivity index (χ1n) is 7.87. The Bertz CT molecular complexity index is 353. The van der Waals surface area contributed by atoms with Crippen molar-refractivity contribution in [3.8, 4) is 0 Å². The second kappa shape index (κ2) is 6.95. The summed E-state index contributed by atoms with van der Waals surface area (Å²) in [5, 5.41) is 12.0. The Balaban J connectivity index is 1.71. The Hall–Kier alpha value is -1.26. The van der Waals surface area contributed by atoms with Crippen LogP contribution in [0, 0.1) is 11.8 Å². The molecule has 2 atom stereocenters. The van der Waals surface area contributed by atoms with Gasteiger partial charge in [-0.15, -0.1) is 0 Å². The van der Waals surface area contributed by atoms with E-state index in [0.717, 1.165) is 12.3 Å². The number of hydrogen-bond acceptors (Lipinski definition) is 2. The number of carbonyl (C=O) groups is 2. The predicted octanol–water partition coefficient (Wildman–Crippen LogP) is 2.46. The molecule has 2 rings (SSSR count). The molecule has 0 aromatic heterocycles. The van der Waals surface area contributed by atoms with E-state index in [1.807, 2.05) is 6.92 Å². The van der Waals surface area contributed by atoms with Gasteiger partial charge in [0.1, 0.15) is 0 Å². The van der Waals surface area contributed by atoms with Gasteiger partial charge in [0, 0.05) is 19.1 Å². The third-order valence-electron chi connectivity index (χ3n) is 4.89. The van der Waals surface area contributed by atoms with Crippen molar-refractivity contribution < 1.29 is 14.7 Å². The van der Waals surface area contributed by atoms with Crippen LogP contribution >= 0.6 is 0 Å². The van der Waals surface area contributed by atoms with Gasteiger partial charge < -0.3 is 15.3 Å². The second-order valence-corrected chi connectivity index (χ2v) is 6.19. The Morgan fingerprint density at radius 1 is 1.20 bits per heavy atom. The van der Waals surface area contributed by atoms with Gasteiger partial charge >= 0.3 is 12.0 Å². The van der Waals surface area contributed by atoms with Crippen LogP contribution in [-0.2, 0) is 4.79 Å². The summed E-state index contributed by atoms with van der Waals surface area (Å²) in [6.07, 6.45) is 8.19. The van der Waals surface area contributed by atoms with Crippen LogP contribution in [0.4, 0.5) is 4.79 Å². The number of urea groups is 1. The molecule has 5 nitrogen and oxygen atoms in total. The predicted molar refractivity (Wildman–Crippen MR) is 76.5 cm³/mol. The number of hydrogen-bond donors (Lipinski definition) is 2. The van der Waals surface area contributed by atoms with E-state index in [1.165, 1.54) is 32.1 Å². The summed E-state index contributed by atoms with van der Waals surface area (Å²) < 4.78 is 0. The molecule has 20 heavy (non-hydrogen) atoms. The molecule has 114 valence electrons. The van der Waals surface area contributed by atoms with Crippen LogP contribution in [0.2, 0.25) is 0 Å². The number of carbonyl (C=O) groups excluding carboxylic acids is 1. The molecule has 0 spiro atoms. The molecule has 2 unspecified atom stereocenters. The molecule has 2 N–H and O–H groups in total. The Labute approximate surface area is 120 Å². The van der Waals surface area contributed by atoms with Gasteiger partial charge in [0.05, 0.1) is 5.92 Å². The second-order valence-electron chi connectivity index (χ2n) is 6.19. The molecule has 1 saturated carbocycles. The van der Waals surface area contributed by atoms with Crippen LogP contribution in [0.25, 0.3) is 0 Å². The lowest BCUT2D eigenvalue weighted by Gasteiger charge is -2.25. The van der Waals surface area contributed by atoms with Crippen LogP contribution in [0.5, 0.6) is 0 Å². The highest BCUT2D eigenvalue weighted by molar-refractivity contribution is 5.78. The zero-order chi connectivity index (χ0) is 14.5. The van der Waals surface area contributed by atoms with Gasteiger partial charge in [-0.05, 0) is 25.7 Å². The lowest BCUT2D eigenvalue weighted by Crippen LogP contribution is -2.44. The SMILES string of the molecule is CC1C(C(=O)O)CCN1C(=O)NCCC1CCCCC1. The monoisotopic (exact) mass is 282 g/mol. The summed E-state index contributed by atoms with van der Waals surface area (Å²) in [4.78, 5) is 24.8. The van der Waals surface area contributed by atoms with Crippen molar-refractivity contribution in [3.05, 3.63) is 0 Å². The van der Waals surface area contributed by atoms with Gasteiger partial charge in [-0.3, -0.25) is 4.79 Å². The summed E-state index contributed by atoms with van der Waals surface area (Å²) >= 11 is 0. The molecule has 0 bridgehead atoms. The van der Waals surface area contributed by atoms with Gasteiger partial charge in [-0.1, -0.05) is 32.1 Å². The van der Waals surface area contributed by atoms with E-state index in [4.69, 9.17) is 5.11 Å². The Morgan fingerprint density at radius 3 is 2.50 bits per heavy atom. The number of aliphatic carboxylic acids is 1. The Morgan fingerprint density at radius 2 is 1.90 bits per heavy atom. The fourth-order valence-electron chi connectivity index (χ4n) is 3.52. The minimum atomic E-state index is -0.796. The number of carboxylic acid groups (broad SMARTS) is 1. The van der Waals surface area contributed by atoms with Crippen molar-refractivity contribution in [2.24, 2.45) is 11.8 Å². The van der Waals surface area contributed by atoms with Crippen molar-refractivity contribution in [1.82, 2.24) is 10.2 Å². The summed E-state index contributed by atoms with van der Waals surface area (Å²) in [7, 11) is 0. The first-order valence-corrected chi connectivity index (χ1v) is 7.87. The zero-order valence-corrected chi connectivity index (χ0v) is 12.3. The lowest BCUT2D eigenvalue weighted by molar-refractivity contribution is -0.142. The number of amides is 2. The molecule has 2 aliphatic rings. The maximum absolute atomic E-state index is 12.1. The van der Waals surface area contributed by atoms with E-state index in [9.17, 15) is 9.59 Å². The van der Waals surface area contributed by atoms with Crippen molar-refractivity contribution in [2.75, 3.05) is 13.1 Å². The van der Waals surface area contributed by atoms with E-state index in [-0.39, 0.29) is 12.1 Å². The molecule has 2 amide bonds. The van der Waals surface area contributed by atoms with Gasteiger partial charge in [-0.25, -0.2) is 4.79 Å².